The fraction of sp³-hybridized carbons (Fsp3) is 0.429. The van der Waals surface area contributed by atoms with E-state index in [1.54, 1.807) is 24.3 Å². The van der Waals surface area contributed by atoms with Crippen molar-refractivity contribution in [3.05, 3.63) is 45.6 Å². The molecule has 0 fully saturated rings. The third-order valence-electron chi connectivity index (χ3n) is 4.54. The molecule has 1 amide bonds. The van der Waals surface area contributed by atoms with Gasteiger partial charge in [0.05, 0.1) is 6.61 Å². The molecule has 0 saturated heterocycles. The fourth-order valence-corrected chi connectivity index (χ4v) is 4.26. The minimum absolute atomic E-state index is 0.323. The summed E-state index contributed by atoms with van der Waals surface area (Å²) in [5.74, 6) is 0.00931. The molecular formula is C21H25NO4S. The molecule has 1 unspecified atom stereocenters. The Morgan fingerprint density at radius 3 is 2.56 bits per heavy atom. The number of hydrogen-bond acceptors (Lipinski definition) is 5. The number of benzene rings is 1. The van der Waals surface area contributed by atoms with Gasteiger partial charge in [0.25, 0.3) is 5.91 Å². The van der Waals surface area contributed by atoms with E-state index in [0.717, 1.165) is 18.6 Å². The molecule has 1 heterocycles. The minimum atomic E-state index is -0.816. The third-order valence-corrected chi connectivity index (χ3v) is 5.76. The maximum absolute atomic E-state index is 12.5. The molecule has 0 bridgehead atoms. The van der Waals surface area contributed by atoms with Gasteiger partial charge in [-0.1, -0.05) is 6.92 Å². The average molecular weight is 388 g/mol. The van der Waals surface area contributed by atoms with Crippen LogP contribution in [0.5, 0.6) is 5.75 Å². The predicted molar refractivity (Wildman–Crippen MR) is 107 cm³/mol. The summed E-state index contributed by atoms with van der Waals surface area (Å²) in [5.41, 5.74) is 1.90. The smallest absolute Gasteiger partial charge is 0.349 e. The van der Waals surface area contributed by atoms with E-state index in [-0.39, 0.29) is 5.91 Å². The normalized spacial score (nSPS) is 14.1. The van der Waals surface area contributed by atoms with E-state index in [9.17, 15) is 9.59 Å². The van der Waals surface area contributed by atoms with Gasteiger partial charge in [0.15, 0.2) is 6.10 Å². The Hall–Kier alpha value is -2.34. The molecule has 0 saturated carbocycles. The van der Waals surface area contributed by atoms with E-state index in [2.05, 4.69) is 5.32 Å². The first-order valence-electron chi connectivity index (χ1n) is 9.47. The molecule has 144 valence electrons. The van der Waals surface area contributed by atoms with Crippen molar-refractivity contribution in [1.82, 2.24) is 0 Å². The fourth-order valence-electron chi connectivity index (χ4n) is 3.12. The Balaban J connectivity index is 1.61. The first kappa shape index (κ1) is 19.4. The lowest BCUT2D eigenvalue weighted by atomic mass is 9.99. The van der Waals surface area contributed by atoms with Crippen LogP contribution in [0.25, 0.3) is 0 Å². The zero-order valence-corrected chi connectivity index (χ0v) is 16.6. The van der Waals surface area contributed by atoms with Crippen LogP contribution in [0, 0.1) is 0 Å². The highest BCUT2D eigenvalue weighted by atomic mass is 32.1. The van der Waals surface area contributed by atoms with Crippen LogP contribution in [0.4, 0.5) is 5.69 Å². The lowest BCUT2D eigenvalue weighted by molar-refractivity contribution is -0.124. The molecule has 0 radical (unpaired) electrons. The second-order valence-corrected chi connectivity index (χ2v) is 7.65. The molecule has 3 rings (SSSR count). The van der Waals surface area contributed by atoms with Crippen LogP contribution in [-0.2, 0) is 22.4 Å². The summed E-state index contributed by atoms with van der Waals surface area (Å²) in [7, 11) is 0. The molecule has 2 aromatic rings. The van der Waals surface area contributed by atoms with Crippen molar-refractivity contribution < 1.29 is 19.1 Å². The molecule has 0 aliphatic heterocycles. The van der Waals surface area contributed by atoms with Crippen LogP contribution in [0.3, 0.4) is 0 Å². The zero-order valence-electron chi connectivity index (χ0n) is 15.7. The first-order chi connectivity index (χ1) is 13.1. The van der Waals surface area contributed by atoms with Gasteiger partial charge >= 0.3 is 5.97 Å². The van der Waals surface area contributed by atoms with E-state index in [1.807, 2.05) is 19.9 Å². The minimum Gasteiger partial charge on any atom is -0.494 e. The second-order valence-electron chi connectivity index (χ2n) is 6.52. The van der Waals surface area contributed by atoms with E-state index in [1.165, 1.54) is 34.6 Å². The molecule has 1 atom stereocenters. The van der Waals surface area contributed by atoms with Crippen LogP contribution >= 0.6 is 11.3 Å². The molecule has 1 aromatic carbocycles. The van der Waals surface area contributed by atoms with Crippen molar-refractivity contribution in [2.45, 2.75) is 52.1 Å². The van der Waals surface area contributed by atoms with Crippen molar-refractivity contribution in [2.75, 3.05) is 11.9 Å². The largest absolute Gasteiger partial charge is 0.494 e. The summed E-state index contributed by atoms with van der Waals surface area (Å²) in [6.45, 7) is 4.33. The number of thiophene rings is 1. The number of esters is 1. The summed E-state index contributed by atoms with van der Waals surface area (Å²) in [4.78, 5) is 26.9. The summed E-state index contributed by atoms with van der Waals surface area (Å²) in [6.07, 6.45) is 3.99. The standard InChI is InChI=1S/C21H25NO4S/c1-3-17(20(23)22-15-9-11-16(12-10-15)25-4-2)26-21(24)19-13-14-7-5-6-8-18(14)27-19/h9-13,17H,3-8H2,1-2H3,(H,22,23). The molecule has 6 heteroatoms. The van der Waals surface area contributed by atoms with Crippen molar-refractivity contribution in [1.29, 1.82) is 0 Å². The van der Waals surface area contributed by atoms with Gasteiger partial charge in [0.1, 0.15) is 10.6 Å². The number of carbonyl (C=O) groups excluding carboxylic acids is 2. The number of ether oxygens (including phenoxy) is 2. The Kier molecular flexibility index (Phi) is 6.50. The molecule has 1 aliphatic carbocycles. The lowest BCUT2D eigenvalue weighted by Gasteiger charge is -2.16. The van der Waals surface area contributed by atoms with Crippen molar-refractivity contribution in [3.63, 3.8) is 0 Å². The quantitative estimate of drug-likeness (QED) is 0.705. The van der Waals surface area contributed by atoms with E-state index in [0.29, 0.717) is 23.6 Å². The number of aryl methyl sites for hydroxylation is 2. The van der Waals surface area contributed by atoms with E-state index >= 15 is 0 Å². The van der Waals surface area contributed by atoms with Crippen LogP contribution in [0.1, 0.15) is 53.2 Å². The molecule has 1 aromatic heterocycles. The third kappa shape index (κ3) is 4.89. The van der Waals surface area contributed by atoms with Crippen molar-refractivity contribution in [2.24, 2.45) is 0 Å². The van der Waals surface area contributed by atoms with Gasteiger partial charge in [0.2, 0.25) is 0 Å². The molecule has 1 aliphatic rings. The molecule has 1 N–H and O–H groups in total. The highest BCUT2D eigenvalue weighted by molar-refractivity contribution is 7.14. The average Bonchev–Trinajstić information content (AvgIpc) is 3.12. The van der Waals surface area contributed by atoms with Gasteiger partial charge in [0, 0.05) is 10.6 Å². The summed E-state index contributed by atoms with van der Waals surface area (Å²) in [6, 6.07) is 9.05. The van der Waals surface area contributed by atoms with Gasteiger partial charge in [-0.05, 0) is 74.9 Å². The number of carbonyl (C=O) groups is 2. The number of fused-ring (bicyclic) bond motifs is 1. The molecular weight excluding hydrogens is 362 g/mol. The summed E-state index contributed by atoms with van der Waals surface area (Å²) < 4.78 is 10.9. The number of nitrogens with one attached hydrogen (secondary N) is 1. The number of rotatable bonds is 7. The summed E-state index contributed by atoms with van der Waals surface area (Å²) in [5, 5.41) is 2.80. The van der Waals surface area contributed by atoms with Crippen LogP contribution in [0.2, 0.25) is 0 Å². The van der Waals surface area contributed by atoms with Crippen molar-refractivity contribution >= 4 is 28.9 Å². The van der Waals surface area contributed by atoms with E-state index < -0.39 is 12.1 Å². The van der Waals surface area contributed by atoms with Crippen LogP contribution in [0.15, 0.2) is 30.3 Å². The van der Waals surface area contributed by atoms with Gasteiger partial charge in [-0.25, -0.2) is 4.79 Å². The Morgan fingerprint density at radius 1 is 1.15 bits per heavy atom. The van der Waals surface area contributed by atoms with Crippen LogP contribution in [-0.4, -0.2) is 24.6 Å². The monoisotopic (exact) mass is 387 g/mol. The van der Waals surface area contributed by atoms with Gasteiger partial charge < -0.3 is 14.8 Å². The number of anilines is 1. The maximum Gasteiger partial charge on any atom is 0.349 e. The maximum atomic E-state index is 12.5. The molecule has 5 nitrogen and oxygen atoms in total. The molecule has 27 heavy (non-hydrogen) atoms. The van der Waals surface area contributed by atoms with E-state index in [4.69, 9.17) is 9.47 Å². The SMILES string of the molecule is CCOc1ccc(NC(=O)C(CC)OC(=O)c2cc3c(s2)CCCC3)cc1. The Labute approximate surface area is 163 Å². The number of hydrogen-bond donors (Lipinski definition) is 1. The van der Waals surface area contributed by atoms with Crippen molar-refractivity contribution in [3.8, 4) is 5.75 Å². The first-order valence-corrected chi connectivity index (χ1v) is 10.3. The van der Waals surface area contributed by atoms with Gasteiger partial charge in [-0.15, -0.1) is 11.3 Å². The van der Waals surface area contributed by atoms with Crippen LogP contribution < -0.4 is 10.1 Å². The Morgan fingerprint density at radius 2 is 1.89 bits per heavy atom. The highest BCUT2D eigenvalue weighted by Gasteiger charge is 2.24. The summed E-state index contributed by atoms with van der Waals surface area (Å²) >= 11 is 1.50. The zero-order chi connectivity index (χ0) is 19.2. The van der Waals surface area contributed by atoms with Gasteiger partial charge in [-0.3, -0.25) is 4.79 Å². The second kappa shape index (κ2) is 9.04. The number of amides is 1. The lowest BCUT2D eigenvalue weighted by Crippen LogP contribution is -2.31. The van der Waals surface area contributed by atoms with Gasteiger partial charge in [-0.2, -0.15) is 0 Å². The highest BCUT2D eigenvalue weighted by Crippen LogP contribution is 2.30. The predicted octanol–water partition coefficient (Wildman–Crippen LogP) is 4.60. The topological polar surface area (TPSA) is 64.6 Å². The Bertz CT molecular complexity index is 774. The molecule has 0 spiro atoms.